The highest BCUT2D eigenvalue weighted by molar-refractivity contribution is 5.97. The SMILES string of the molecule is Cc1ccc(Cn2ncc3ccc(C(=O)NCC4CCCCC4)cc32)cc1. The Labute approximate surface area is 160 Å². The van der Waals surface area contributed by atoms with Crippen molar-refractivity contribution in [2.75, 3.05) is 6.54 Å². The standard InChI is InChI=1S/C23H27N3O/c1-17-7-9-19(10-8-17)16-26-22-13-20(11-12-21(22)15-25-26)23(27)24-14-18-5-3-2-4-6-18/h7-13,15,18H,2-6,14,16H2,1H3,(H,24,27). The summed E-state index contributed by atoms with van der Waals surface area (Å²) in [5.41, 5.74) is 4.17. The molecule has 1 heterocycles. The van der Waals surface area contributed by atoms with Gasteiger partial charge in [0.1, 0.15) is 0 Å². The molecule has 1 saturated carbocycles. The Hall–Kier alpha value is -2.62. The van der Waals surface area contributed by atoms with E-state index >= 15 is 0 Å². The minimum Gasteiger partial charge on any atom is -0.352 e. The maximum absolute atomic E-state index is 12.6. The topological polar surface area (TPSA) is 46.9 Å². The smallest absolute Gasteiger partial charge is 0.251 e. The monoisotopic (exact) mass is 361 g/mol. The van der Waals surface area contributed by atoms with Crippen LogP contribution in [-0.2, 0) is 6.54 Å². The number of aryl methyl sites for hydroxylation is 1. The maximum Gasteiger partial charge on any atom is 0.251 e. The summed E-state index contributed by atoms with van der Waals surface area (Å²) in [6, 6.07) is 14.3. The van der Waals surface area contributed by atoms with Gasteiger partial charge in [0.25, 0.3) is 5.91 Å². The van der Waals surface area contributed by atoms with E-state index in [9.17, 15) is 4.79 Å². The molecule has 1 fully saturated rings. The number of nitrogens with one attached hydrogen (secondary N) is 1. The highest BCUT2D eigenvalue weighted by Crippen LogP contribution is 2.23. The molecule has 0 radical (unpaired) electrons. The zero-order valence-corrected chi connectivity index (χ0v) is 15.9. The van der Waals surface area contributed by atoms with Gasteiger partial charge in [-0.3, -0.25) is 9.48 Å². The van der Waals surface area contributed by atoms with Gasteiger partial charge in [-0.05, 0) is 43.4 Å². The van der Waals surface area contributed by atoms with Crippen molar-refractivity contribution in [3.05, 3.63) is 65.4 Å². The molecule has 4 heteroatoms. The Morgan fingerprint density at radius 1 is 1.11 bits per heavy atom. The fourth-order valence-electron chi connectivity index (χ4n) is 3.93. The van der Waals surface area contributed by atoms with Gasteiger partial charge in [0.15, 0.2) is 0 Å². The summed E-state index contributed by atoms with van der Waals surface area (Å²) < 4.78 is 1.97. The van der Waals surface area contributed by atoms with Crippen LogP contribution in [0, 0.1) is 12.8 Å². The second kappa shape index (κ2) is 7.95. The van der Waals surface area contributed by atoms with E-state index in [2.05, 4.69) is 41.6 Å². The zero-order chi connectivity index (χ0) is 18.6. The molecule has 0 saturated heterocycles. The van der Waals surface area contributed by atoms with Crippen LogP contribution in [-0.4, -0.2) is 22.2 Å². The van der Waals surface area contributed by atoms with Crippen molar-refractivity contribution >= 4 is 16.8 Å². The first kappa shape index (κ1) is 17.8. The van der Waals surface area contributed by atoms with E-state index in [-0.39, 0.29) is 5.91 Å². The second-order valence-electron chi connectivity index (χ2n) is 7.78. The first-order valence-corrected chi connectivity index (χ1v) is 9.98. The molecule has 0 atom stereocenters. The first-order chi connectivity index (χ1) is 13.2. The number of amides is 1. The number of carbonyl (C=O) groups excluding carboxylic acids is 1. The molecule has 1 N–H and O–H groups in total. The Morgan fingerprint density at radius 2 is 1.89 bits per heavy atom. The normalized spacial score (nSPS) is 15.1. The molecule has 27 heavy (non-hydrogen) atoms. The maximum atomic E-state index is 12.6. The van der Waals surface area contributed by atoms with Crippen LogP contribution in [0.5, 0.6) is 0 Å². The van der Waals surface area contributed by atoms with Crippen LogP contribution in [0.4, 0.5) is 0 Å². The predicted molar refractivity (Wildman–Crippen MR) is 109 cm³/mol. The molecule has 0 bridgehead atoms. The Kier molecular flexibility index (Phi) is 5.23. The number of hydrogen-bond donors (Lipinski definition) is 1. The van der Waals surface area contributed by atoms with E-state index in [1.54, 1.807) is 0 Å². The van der Waals surface area contributed by atoms with E-state index in [1.165, 1.54) is 43.2 Å². The molecule has 2 aromatic carbocycles. The molecule has 0 aliphatic heterocycles. The summed E-state index contributed by atoms with van der Waals surface area (Å²) in [6.45, 7) is 3.59. The van der Waals surface area contributed by atoms with Gasteiger partial charge in [-0.1, -0.05) is 55.2 Å². The number of aromatic nitrogens is 2. The Morgan fingerprint density at radius 3 is 2.67 bits per heavy atom. The third-order valence-corrected chi connectivity index (χ3v) is 5.64. The summed E-state index contributed by atoms with van der Waals surface area (Å²) >= 11 is 0. The van der Waals surface area contributed by atoms with E-state index in [4.69, 9.17) is 0 Å². The van der Waals surface area contributed by atoms with Crippen LogP contribution in [0.1, 0.15) is 53.6 Å². The van der Waals surface area contributed by atoms with Gasteiger partial charge in [0, 0.05) is 17.5 Å². The molecular formula is C23H27N3O. The molecule has 1 aliphatic carbocycles. The summed E-state index contributed by atoms with van der Waals surface area (Å²) in [6.07, 6.45) is 8.28. The molecule has 4 rings (SSSR count). The molecule has 3 aromatic rings. The fraction of sp³-hybridized carbons (Fsp3) is 0.391. The molecule has 4 nitrogen and oxygen atoms in total. The third-order valence-electron chi connectivity index (χ3n) is 5.64. The van der Waals surface area contributed by atoms with E-state index in [0.29, 0.717) is 18.0 Å². The quantitative estimate of drug-likeness (QED) is 0.716. The third kappa shape index (κ3) is 4.21. The van der Waals surface area contributed by atoms with Gasteiger partial charge >= 0.3 is 0 Å². The van der Waals surface area contributed by atoms with E-state index < -0.39 is 0 Å². The summed E-state index contributed by atoms with van der Waals surface area (Å²) in [5.74, 6) is 0.657. The van der Waals surface area contributed by atoms with Crippen LogP contribution >= 0.6 is 0 Å². The second-order valence-corrected chi connectivity index (χ2v) is 7.78. The fourth-order valence-corrected chi connectivity index (χ4v) is 3.93. The number of benzene rings is 2. The number of hydrogen-bond acceptors (Lipinski definition) is 2. The van der Waals surface area contributed by atoms with Crippen LogP contribution in [0.2, 0.25) is 0 Å². The summed E-state index contributed by atoms with van der Waals surface area (Å²) in [7, 11) is 0. The van der Waals surface area contributed by atoms with Crippen molar-refractivity contribution in [3.8, 4) is 0 Å². The molecular weight excluding hydrogens is 334 g/mol. The van der Waals surface area contributed by atoms with E-state index in [0.717, 1.165) is 17.4 Å². The van der Waals surface area contributed by atoms with Gasteiger partial charge in [0.2, 0.25) is 0 Å². The Bertz CT molecular complexity index is 920. The molecule has 1 aliphatic rings. The number of carbonyl (C=O) groups is 1. The van der Waals surface area contributed by atoms with Crippen LogP contribution in [0.25, 0.3) is 10.9 Å². The van der Waals surface area contributed by atoms with Crippen molar-refractivity contribution in [2.24, 2.45) is 5.92 Å². The highest BCUT2D eigenvalue weighted by Gasteiger charge is 2.15. The van der Waals surface area contributed by atoms with Crippen LogP contribution < -0.4 is 5.32 Å². The average molecular weight is 361 g/mol. The molecule has 140 valence electrons. The van der Waals surface area contributed by atoms with Gasteiger partial charge < -0.3 is 5.32 Å². The molecule has 0 unspecified atom stereocenters. The lowest BCUT2D eigenvalue weighted by molar-refractivity contribution is 0.0943. The first-order valence-electron chi connectivity index (χ1n) is 9.98. The van der Waals surface area contributed by atoms with Gasteiger partial charge in [-0.25, -0.2) is 0 Å². The van der Waals surface area contributed by atoms with Crippen molar-refractivity contribution in [3.63, 3.8) is 0 Å². The number of fused-ring (bicyclic) bond motifs is 1. The number of rotatable bonds is 5. The van der Waals surface area contributed by atoms with Gasteiger partial charge in [-0.15, -0.1) is 0 Å². The molecule has 0 spiro atoms. The van der Waals surface area contributed by atoms with Crippen LogP contribution in [0.15, 0.2) is 48.7 Å². The number of nitrogens with zero attached hydrogens (tertiary/aromatic N) is 2. The predicted octanol–water partition coefficient (Wildman–Crippen LogP) is 4.70. The minimum absolute atomic E-state index is 0.0190. The van der Waals surface area contributed by atoms with E-state index in [1.807, 2.05) is 29.1 Å². The average Bonchev–Trinajstić information content (AvgIpc) is 3.11. The summed E-state index contributed by atoms with van der Waals surface area (Å²) in [5, 5.41) is 8.71. The lowest BCUT2D eigenvalue weighted by Crippen LogP contribution is -2.30. The van der Waals surface area contributed by atoms with Gasteiger partial charge in [-0.2, -0.15) is 5.10 Å². The zero-order valence-electron chi connectivity index (χ0n) is 15.9. The lowest BCUT2D eigenvalue weighted by Gasteiger charge is -2.21. The molecule has 1 amide bonds. The minimum atomic E-state index is 0.0190. The lowest BCUT2D eigenvalue weighted by atomic mass is 9.89. The largest absolute Gasteiger partial charge is 0.352 e. The summed E-state index contributed by atoms with van der Waals surface area (Å²) in [4.78, 5) is 12.6. The van der Waals surface area contributed by atoms with Crippen molar-refractivity contribution in [2.45, 2.75) is 45.6 Å². The van der Waals surface area contributed by atoms with Crippen LogP contribution in [0.3, 0.4) is 0 Å². The van der Waals surface area contributed by atoms with Crippen molar-refractivity contribution < 1.29 is 4.79 Å². The Balaban J connectivity index is 1.48. The highest BCUT2D eigenvalue weighted by atomic mass is 16.1. The van der Waals surface area contributed by atoms with Crippen molar-refractivity contribution in [1.29, 1.82) is 0 Å². The van der Waals surface area contributed by atoms with Gasteiger partial charge in [0.05, 0.1) is 18.3 Å². The van der Waals surface area contributed by atoms with Crippen molar-refractivity contribution in [1.82, 2.24) is 15.1 Å². The molecule has 1 aromatic heterocycles.